The standard InChI is InChI=1S/C10H16N2O2S/c1-4-8-15(13,14)12(3)10-7-5-6-9(2)11-10/h5-7H,4,8H2,1-3H3. The molecule has 0 aliphatic heterocycles. The molecule has 0 spiro atoms. The Kier molecular flexibility index (Phi) is 3.68. The van der Waals surface area contributed by atoms with Crippen molar-refractivity contribution in [2.45, 2.75) is 20.3 Å². The summed E-state index contributed by atoms with van der Waals surface area (Å²) in [6, 6.07) is 5.33. The molecular weight excluding hydrogens is 212 g/mol. The maximum atomic E-state index is 11.7. The zero-order valence-electron chi connectivity index (χ0n) is 9.27. The molecule has 5 heteroatoms. The quantitative estimate of drug-likeness (QED) is 0.786. The van der Waals surface area contributed by atoms with Crippen molar-refractivity contribution in [1.29, 1.82) is 0 Å². The van der Waals surface area contributed by atoms with Gasteiger partial charge in [-0.05, 0) is 25.5 Å². The van der Waals surface area contributed by atoms with Crippen LogP contribution in [0.15, 0.2) is 18.2 Å². The zero-order valence-corrected chi connectivity index (χ0v) is 10.1. The van der Waals surface area contributed by atoms with Crippen molar-refractivity contribution in [1.82, 2.24) is 4.98 Å². The SMILES string of the molecule is CCCS(=O)(=O)N(C)c1cccc(C)n1. The van der Waals surface area contributed by atoms with Crippen molar-refractivity contribution in [3.05, 3.63) is 23.9 Å². The number of hydrogen-bond acceptors (Lipinski definition) is 3. The van der Waals surface area contributed by atoms with Crippen molar-refractivity contribution in [3.8, 4) is 0 Å². The minimum atomic E-state index is -3.21. The van der Waals surface area contributed by atoms with Crippen LogP contribution in [0, 0.1) is 6.92 Å². The summed E-state index contributed by atoms with van der Waals surface area (Å²) in [5.74, 6) is 0.627. The lowest BCUT2D eigenvalue weighted by atomic mass is 10.4. The molecule has 0 fully saturated rings. The Balaban J connectivity index is 2.99. The maximum absolute atomic E-state index is 11.7. The summed E-state index contributed by atoms with van der Waals surface area (Å²) in [5.41, 5.74) is 0.811. The zero-order chi connectivity index (χ0) is 11.5. The van der Waals surface area contributed by atoms with E-state index in [4.69, 9.17) is 0 Å². The lowest BCUT2D eigenvalue weighted by Crippen LogP contribution is -2.29. The van der Waals surface area contributed by atoms with E-state index in [9.17, 15) is 8.42 Å². The summed E-state index contributed by atoms with van der Waals surface area (Å²) >= 11 is 0. The minimum absolute atomic E-state index is 0.152. The Hall–Kier alpha value is -1.10. The molecule has 0 bridgehead atoms. The predicted octanol–water partition coefficient (Wildman–Crippen LogP) is 1.57. The fourth-order valence-electron chi connectivity index (χ4n) is 1.24. The normalized spacial score (nSPS) is 11.4. The molecule has 4 nitrogen and oxygen atoms in total. The van der Waals surface area contributed by atoms with Crippen molar-refractivity contribution in [2.24, 2.45) is 0 Å². The Bertz CT molecular complexity index is 429. The molecule has 0 aliphatic carbocycles. The third-order valence-electron chi connectivity index (χ3n) is 2.08. The van der Waals surface area contributed by atoms with E-state index in [2.05, 4.69) is 4.98 Å². The molecule has 1 heterocycles. The number of nitrogens with zero attached hydrogens (tertiary/aromatic N) is 2. The van der Waals surface area contributed by atoms with Gasteiger partial charge in [0, 0.05) is 12.7 Å². The van der Waals surface area contributed by atoms with Crippen molar-refractivity contribution in [3.63, 3.8) is 0 Å². The first-order valence-corrected chi connectivity index (χ1v) is 6.48. The van der Waals surface area contributed by atoms with Crippen LogP contribution in [0.5, 0.6) is 0 Å². The fourth-order valence-corrected chi connectivity index (χ4v) is 2.42. The van der Waals surface area contributed by atoms with Crippen LogP contribution in [0.4, 0.5) is 5.82 Å². The lowest BCUT2D eigenvalue weighted by molar-refractivity contribution is 0.592. The minimum Gasteiger partial charge on any atom is -0.257 e. The van der Waals surface area contributed by atoms with Gasteiger partial charge in [0.05, 0.1) is 5.75 Å². The summed E-state index contributed by atoms with van der Waals surface area (Å²) < 4.78 is 24.7. The third-order valence-corrected chi connectivity index (χ3v) is 4.02. The molecule has 1 aromatic heterocycles. The average molecular weight is 228 g/mol. The van der Waals surface area contributed by atoms with Crippen LogP contribution in [0.25, 0.3) is 0 Å². The van der Waals surface area contributed by atoms with E-state index in [-0.39, 0.29) is 5.75 Å². The molecule has 0 saturated heterocycles. The van der Waals surface area contributed by atoms with Gasteiger partial charge in [-0.25, -0.2) is 13.4 Å². The van der Waals surface area contributed by atoms with Gasteiger partial charge < -0.3 is 0 Å². The number of rotatable bonds is 4. The molecule has 0 atom stereocenters. The molecule has 0 N–H and O–H groups in total. The highest BCUT2D eigenvalue weighted by Gasteiger charge is 2.17. The molecule has 0 saturated carbocycles. The summed E-state index contributed by atoms with van der Waals surface area (Å²) in [5, 5.41) is 0. The smallest absolute Gasteiger partial charge is 0.236 e. The highest BCUT2D eigenvalue weighted by molar-refractivity contribution is 7.92. The summed E-state index contributed by atoms with van der Waals surface area (Å²) in [6.45, 7) is 3.68. The first-order chi connectivity index (χ1) is 6.97. The van der Waals surface area contributed by atoms with Gasteiger partial charge in [-0.1, -0.05) is 13.0 Å². The molecule has 15 heavy (non-hydrogen) atoms. The number of aryl methyl sites for hydroxylation is 1. The van der Waals surface area contributed by atoms with Gasteiger partial charge in [-0.3, -0.25) is 4.31 Å². The number of pyridine rings is 1. The third kappa shape index (κ3) is 2.92. The van der Waals surface area contributed by atoms with Gasteiger partial charge in [-0.2, -0.15) is 0 Å². The highest BCUT2D eigenvalue weighted by Crippen LogP contribution is 2.13. The molecule has 84 valence electrons. The summed E-state index contributed by atoms with van der Waals surface area (Å²) in [6.07, 6.45) is 0.610. The number of hydrogen-bond donors (Lipinski definition) is 0. The van der Waals surface area contributed by atoms with Crippen molar-refractivity contribution < 1.29 is 8.42 Å². The molecule has 1 rings (SSSR count). The van der Waals surface area contributed by atoms with Gasteiger partial charge in [-0.15, -0.1) is 0 Å². The summed E-state index contributed by atoms with van der Waals surface area (Å²) in [4.78, 5) is 4.17. The Labute approximate surface area is 91.0 Å². The van der Waals surface area contributed by atoms with Gasteiger partial charge in [0.25, 0.3) is 0 Å². The van der Waals surface area contributed by atoms with E-state index in [0.717, 1.165) is 5.69 Å². The molecule has 0 radical (unpaired) electrons. The average Bonchev–Trinajstić information content (AvgIpc) is 2.16. The van der Waals surface area contributed by atoms with Gasteiger partial charge >= 0.3 is 0 Å². The Morgan fingerprint density at radius 2 is 2.07 bits per heavy atom. The number of aromatic nitrogens is 1. The van der Waals surface area contributed by atoms with Crippen LogP contribution in [0.1, 0.15) is 19.0 Å². The highest BCUT2D eigenvalue weighted by atomic mass is 32.2. The van der Waals surface area contributed by atoms with E-state index in [1.807, 2.05) is 19.9 Å². The molecule has 1 aromatic rings. The molecule has 0 amide bonds. The van der Waals surface area contributed by atoms with Crippen LogP contribution in [-0.2, 0) is 10.0 Å². The maximum Gasteiger partial charge on any atom is 0.236 e. The van der Waals surface area contributed by atoms with Crippen LogP contribution in [0.3, 0.4) is 0 Å². The van der Waals surface area contributed by atoms with Crippen LogP contribution in [0.2, 0.25) is 0 Å². The van der Waals surface area contributed by atoms with E-state index in [0.29, 0.717) is 12.2 Å². The van der Waals surface area contributed by atoms with Gasteiger partial charge in [0.15, 0.2) is 0 Å². The van der Waals surface area contributed by atoms with Crippen LogP contribution in [-0.4, -0.2) is 26.2 Å². The predicted molar refractivity (Wildman–Crippen MR) is 61.5 cm³/mol. The lowest BCUT2D eigenvalue weighted by Gasteiger charge is -2.18. The number of anilines is 1. The Morgan fingerprint density at radius 1 is 1.40 bits per heavy atom. The van der Waals surface area contributed by atoms with Gasteiger partial charge in [0.1, 0.15) is 5.82 Å². The van der Waals surface area contributed by atoms with Gasteiger partial charge in [0.2, 0.25) is 10.0 Å². The molecule has 0 aliphatic rings. The van der Waals surface area contributed by atoms with E-state index < -0.39 is 10.0 Å². The summed E-state index contributed by atoms with van der Waals surface area (Å²) in [7, 11) is -1.67. The first-order valence-electron chi connectivity index (χ1n) is 4.87. The fraction of sp³-hybridized carbons (Fsp3) is 0.500. The van der Waals surface area contributed by atoms with E-state index in [1.165, 1.54) is 11.4 Å². The van der Waals surface area contributed by atoms with Crippen molar-refractivity contribution in [2.75, 3.05) is 17.1 Å². The van der Waals surface area contributed by atoms with Crippen molar-refractivity contribution >= 4 is 15.8 Å². The second kappa shape index (κ2) is 4.61. The Morgan fingerprint density at radius 3 is 2.60 bits per heavy atom. The number of sulfonamides is 1. The van der Waals surface area contributed by atoms with E-state index >= 15 is 0 Å². The molecule has 0 unspecified atom stereocenters. The van der Waals surface area contributed by atoms with Crippen LogP contribution < -0.4 is 4.31 Å². The molecule has 0 aromatic carbocycles. The largest absolute Gasteiger partial charge is 0.257 e. The second-order valence-corrected chi connectivity index (χ2v) is 5.54. The second-order valence-electron chi connectivity index (χ2n) is 3.42. The topological polar surface area (TPSA) is 50.3 Å². The molecular formula is C10H16N2O2S. The van der Waals surface area contributed by atoms with E-state index in [1.54, 1.807) is 12.1 Å². The van der Waals surface area contributed by atoms with Crippen LogP contribution >= 0.6 is 0 Å². The first kappa shape index (κ1) is 12.0. The monoisotopic (exact) mass is 228 g/mol.